The van der Waals surface area contributed by atoms with Gasteiger partial charge in [-0.05, 0) is 88.7 Å². The fourth-order valence-corrected chi connectivity index (χ4v) is 5.53. The van der Waals surface area contributed by atoms with E-state index in [9.17, 15) is 18.0 Å². The lowest BCUT2D eigenvalue weighted by molar-refractivity contribution is -0.139. The second-order valence-corrected chi connectivity index (χ2v) is 10.4. The Bertz CT molecular complexity index is 1670. The van der Waals surface area contributed by atoms with Gasteiger partial charge in [-0.1, -0.05) is 54.6 Å². The van der Waals surface area contributed by atoms with E-state index in [-0.39, 0.29) is 6.61 Å². The fraction of sp³-hybridized carbons (Fsp3) is 0.121. The Hall–Kier alpha value is -4.56. The predicted octanol–water partition coefficient (Wildman–Crippen LogP) is 8.87. The average molecular weight is 575 g/mol. The van der Waals surface area contributed by atoms with Crippen LogP contribution in [-0.2, 0) is 11.0 Å². The van der Waals surface area contributed by atoms with Gasteiger partial charge in [-0.25, -0.2) is 4.79 Å². The number of benzene rings is 4. The molecule has 0 saturated heterocycles. The smallest absolute Gasteiger partial charge is 0.416 e. The molecule has 0 aliphatic carbocycles. The third-order valence-electron chi connectivity index (χ3n) is 6.47. The number of carboxylic acid groups (broad SMARTS) is 1. The summed E-state index contributed by atoms with van der Waals surface area (Å²) in [6, 6.07) is 28.3. The molecular weight excluding hydrogens is 549 g/mol. The van der Waals surface area contributed by atoms with E-state index in [0.717, 1.165) is 49.4 Å². The summed E-state index contributed by atoms with van der Waals surface area (Å²) < 4.78 is 51.4. The number of rotatable bonds is 9. The molecule has 0 spiro atoms. The Morgan fingerprint density at radius 3 is 2.20 bits per heavy atom. The molecule has 1 heterocycles. The van der Waals surface area contributed by atoms with E-state index in [1.54, 1.807) is 29.5 Å². The molecule has 0 bridgehead atoms. The van der Waals surface area contributed by atoms with Crippen molar-refractivity contribution >= 4 is 33.0 Å². The van der Waals surface area contributed by atoms with Crippen molar-refractivity contribution in [3.8, 4) is 22.6 Å². The average Bonchev–Trinajstić information content (AvgIpc) is 3.38. The van der Waals surface area contributed by atoms with Crippen LogP contribution in [0.15, 0.2) is 103 Å². The standard InChI is InChI=1S/C33H25F3O4S/c1-21-18-27(14-15-29(21)40-20-32(37)38)39-17-16-28(31-19-25-4-2-3-5-30(25)41-31)24-8-6-22(7-9-24)23-10-12-26(13-11-23)33(34,35)36/h2-16,18-19H,17,20H2,1H3,(H,37,38)/b28-16-. The van der Waals surface area contributed by atoms with Gasteiger partial charge < -0.3 is 14.6 Å². The number of fused-ring (bicyclic) bond motifs is 1. The third kappa shape index (κ3) is 6.78. The lowest BCUT2D eigenvalue weighted by Crippen LogP contribution is -2.10. The van der Waals surface area contributed by atoms with Crippen molar-refractivity contribution in [3.63, 3.8) is 0 Å². The quantitative estimate of drug-likeness (QED) is 0.191. The molecule has 0 atom stereocenters. The van der Waals surface area contributed by atoms with Crippen LogP contribution in [0.5, 0.6) is 11.5 Å². The molecular formula is C33H25F3O4S. The molecule has 0 amide bonds. The molecule has 5 rings (SSSR count). The minimum atomic E-state index is -4.37. The van der Waals surface area contributed by atoms with Crippen molar-refractivity contribution in [2.75, 3.05) is 13.2 Å². The Morgan fingerprint density at radius 1 is 0.878 bits per heavy atom. The Balaban J connectivity index is 1.40. The van der Waals surface area contributed by atoms with Crippen LogP contribution in [0.1, 0.15) is 21.6 Å². The lowest BCUT2D eigenvalue weighted by Gasteiger charge is -2.11. The van der Waals surface area contributed by atoms with Crippen LogP contribution in [0, 0.1) is 6.92 Å². The largest absolute Gasteiger partial charge is 0.489 e. The molecule has 1 N–H and O–H groups in total. The molecule has 5 aromatic rings. The number of aryl methyl sites for hydroxylation is 1. The number of thiophene rings is 1. The molecule has 8 heteroatoms. The van der Waals surface area contributed by atoms with Gasteiger partial charge >= 0.3 is 12.1 Å². The molecule has 0 aliphatic heterocycles. The normalized spacial score (nSPS) is 12.0. The van der Waals surface area contributed by atoms with E-state index >= 15 is 0 Å². The monoisotopic (exact) mass is 574 g/mol. The van der Waals surface area contributed by atoms with Crippen LogP contribution in [0.2, 0.25) is 0 Å². The van der Waals surface area contributed by atoms with Crippen LogP contribution in [0.25, 0.3) is 26.8 Å². The summed E-state index contributed by atoms with van der Waals surface area (Å²) in [5.74, 6) is 0.0557. The number of hydrogen-bond donors (Lipinski definition) is 1. The summed E-state index contributed by atoms with van der Waals surface area (Å²) in [5.41, 5.74) is 3.52. The Morgan fingerprint density at radius 2 is 1.56 bits per heavy atom. The molecule has 41 heavy (non-hydrogen) atoms. The first-order valence-corrected chi connectivity index (χ1v) is 13.5. The Labute approximate surface area is 238 Å². The zero-order chi connectivity index (χ0) is 29.0. The number of halogens is 3. The van der Waals surface area contributed by atoms with Crippen LogP contribution < -0.4 is 9.47 Å². The number of aliphatic carboxylic acids is 1. The maximum absolute atomic E-state index is 13.0. The van der Waals surface area contributed by atoms with Crippen molar-refractivity contribution in [2.24, 2.45) is 0 Å². The van der Waals surface area contributed by atoms with Crippen molar-refractivity contribution in [2.45, 2.75) is 13.1 Å². The highest BCUT2D eigenvalue weighted by atomic mass is 32.1. The van der Waals surface area contributed by atoms with Gasteiger partial charge in [0.25, 0.3) is 0 Å². The summed E-state index contributed by atoms with van der Waals surface area (Å²) in [5, 5.41) is 9.97. The first-order valence-electron chi connectivity index (χ1n) is 12.7. The van der Waals surface area contributed by atoms with Gasteiger partial charge in [0.1, 0.15) is 18.1 Å². The van der Waals surface area contributed by atoms with E-state index < -0.39 is 24.3 Å². The van der Waals surface area contributed by atoms with E-state index in [1.165, 1.54) is 12.1 Å². The Kier molecular flexibility index (Phi) is 8.12. The predicted molar refractivity (Wildman–Crippen MR) is 156 cm³/mol. The van der Waals surface area contributed by atoms with Crippen molar-refractivity contribution < 1.29 is 32.5 Å². The molecule has 0 unspecified atom stereocenters. The first-order chi connectivity index (χ1) is 19.7. The summed E-state index contributed by atoms with van der Waals surface area (Å²) in [6.45, 7) is 1.68. The molecule has 4 aromatic carbocycles. The van der Waals surface area contributed by atoms with Crippen molar-refractivity contribution in [1.82, 2.24) is 0 Å². The number of carbonyl (C=O) groups is 1. The zero-order valence-corrected chi connectivity index (χ0v) is 22.8. The molecule has 208 valence electrons. The molecule has 0 aliphatic rings. The van der Waals surface area contributed by atoms with Gasteiger partial charge in [-0.3, -0.25) is 0 Å². The van der Waals surface area contributed by atoms with E-state index in [4.69, 9.17) is 14.6 Å². The fourth-order valence-electron chi connectivity index (χ4n) is 4.40. The van der Waals surface area contributed by atoms with Gasteiger partial charge in [0.2, 0.25) is 0 Å². The minimum Gasteiger partial charge on any atom is -0.489 e. The molecule has 1 aromatic heterocycles. The van der Waals surface area contributed by atoms with E-state index in [2.05, 4.69) is 18.2 Å². The van der Waals surface area contributed by atoms with Gasteiger partial charge in [-0.15, -0.1) is 11.3 Å². The molecule has 0 saturated carbocycles. The number of carboxylic acids is 1. The second kappa shape index (κ2) is 11.9. The van der Waals surface area contributed by atoms with E-state index in [1.807, 2.05) is 49.4 Å². The highest BCUT2D eigenvalue weighted by Crippen LogP contribution is 2.36. The number of hydrogen-bond acceptors (Lipinski definition) is 4. The first kappa shape index (κ1) is 28.0. The van der Waals surface area contributed by atoms with Gasteiger partial charge in [0.15, 0.2) is 6.61 Å². The lowest BCUT2D eigenvalue weighted by atomic mass is 9.98. The van der Waals surface area contributed by atoms with Crippen molar-refractivity contribution in [3.05, 3.63) is 125 Å². The summed E-state index contributed by atoms with van der Waals surface area (Å²) in [6.07, 6.45) is -2.37. The molecule has 4 nitrogen and oxygen atoms in total. The van der Waals surface area contributed by atoms with Crippen LogP contribution in [0.3, 0.4) is 0 Å². The summed E-state index contributed by atoms with van der Waals surface area (Å²) in [7, 11) is 0. The van der Waals surface area contributed by atoms with Gasteiger partial charge in [-0.2, -0.15) is 13.2 Å². The number of ether oxygens (including phenoxy) is 2. The number of alkyl halides is 3. The SMILES string of the molecule is Cc1cc(OC/C=C(/c2ccc(-c3ccc(C(F)(F)F)cc3)cc2)c2cc3ccccc3s2)ccc1OCC(=O)O. The van der Waals surface area contributed by atoms with Crippen molar-refractivity contribution in [1.29, 1.82) is 0 Å². The minimum absolute atomic E-state index is 0.277. The zero-order valence-electron chi connectivity index (χ0n) is 21.9. The van der Waals surface area contributed by atoms with Crippen LogP contribution >= 0.6 is 11.3 Å². The second-order valence-electron chi connectivity index (χ2n) is 9.34. The van der Waals surface area contributed by atoms with Gasteiger partial charge in [0.05, 0.1) is 5.56 Å². The maximum Gasteiger partial charge on any atom is 0.416 e. The topological polar surface area (TPSA) is 55.8 Å². The van der Waals surface area contributed by atoms with Crippen LogP contribution in [-0.4, -0.2) is 24.3 Å². The van der Waals surface area contributed by atoms with E-state index in [0.29, 0.717) is 17.1 Å². The highest BCUT2D eigenvalue weighted by Gasteiger charge is 2.30. The summed E-state index contributed by atoms with van der Waals surface area (Å²) in [4.78, 5) is 11.9. The third-order valence-corrected chi connectivity index (χ3v) is 7.62. The summed E-state index contributed by atoms with van der Waals surface area (Å²) >= 11 is 1.67. The van der Waals surface area contributed by atoms with Crippen LogP contribution in [0.4, 0.5) is 13.2 Å². The molecule has 0 fully saturated rings. The van der Waals surface area contributed by atoms with Gasteiger partial charge in [0, 0.05) is 9.58 Å². The highest BCUT2D eigenvalue weighted by molar-refractivity contribution is 7.20. The maximum atomic E-state index is 13.0. The molecule has 0 radical (unpaired) electrons.